The number of carboxylic acids is 1. The highest BCUT2D eigenvalue weighted by atomic mass is 16.4. The van der Waals surface area contributed by atoms with Crippen molar-refractivity contribution in [3.8, 4) is 0 Å². The second kappa shape index (κ2) is 4.59. The van der Waals surface area contributed by atoms with E-state index in [1.165, 1.54) is 0 Å². The summed E-state index contributed by atoms with van der Waals surface area (Å²) in [6, 6.07) is -0.520. The molecule has 0 aliphatic rings. The van der Waals surface area contributed by atoms with Crippen LogP contribution < -0.4 is 5.32 Å². The van der Waals surface area contributed by atoms with Gasteiger partial charge in [0.15, 0.2) is 0 Å². The van der Waals surface area contributed by atoms with Crippen LogP contribution in [-0.2, 0) is 16.6 Å². The molecule has 1 amide bonds. The maximum Gasteiger partial charge on any atom is 0.305 e. The summed E-state index contributed by atoms with van der Waals surface area (Å²) < 4.78 is 1.59. The molecule has 0 aliphatic heterocycles. The van der Waals surface area contributed by atoms with E-state index in [2.05, 4.69) is 10.4 Å². The predicted octanol–water partition coefficient (Wildman–Crippen LogP) is -0.00968. The Balaban J connectivity index is 2.92. The van der Waals surface area contributed by atoms with Gasteiger partial charge in [0.05, 0.1) is 18.2 Å². The predicted molar refractivity (Wildman–Crippen MR) is 52.1 cm³/mol. The van der Waals surface area contributed by atoms with Gasteiger partial charge >= 0.3 is 5.97 Å². The maximum atomic E-state index is 10.6. The minimum atomic E-state index is -0.961. The molecule has 1 atom stereocenters. The van der Waals surface area contributed by atoms with Crippen molar-refractivity contribution in [3.05, 3.63) is 17.5 Å². The van der Waals surface area contributed by atoms with Crippen LogP contribution in [0.1, 0.15) is 23.7 Å². The molecule has 0 saturated heterocycles. The fraction of sp³-hybridized carbons (Fsp3) is 0.444. The number of carbonyl (C=O) groups is 2. The Kier molecular flexibility index (Phi) is 3.43. The van der Waals surface area contributed by atoms with Crippen LogP contribution in [0.3, 0.4) is 0 Å². The van der Waals surface area contributed by atoms with Crippen LogP contribution in [0.15, 0.2) is 6.20 Å². The SMILES string of the molecule is Cc1nn(C)cc1C(CC(=O)O)NC=O. The Morgan fingerprint density at radius 3 is 2.87 bits per heavy atom. The van der Waals surface area contributed by atoms with Gasteiger partial charge < -0.3 is 10.4 Å². The van der Waals surface area contributed by atoms with Crippen molar-refractivity contribution in [2.24, 2.45) is 7.05 Å². The van der Waals surface area contributed by atoms with Gasteiger partial charge in [-0.1, -0.05) is 0 Å². The van der Waals surface area contributed by atoms with Crippen LogP contribution in [-0.4, -0.2) is 27.3 Å². The van der Waals surface area contributed by atoms with Gasteiger partial charge in [-0.3, -0.25) is 14.3 Å². The zero-order valence-electron chi connectivity index (χ0n) is 8.60. The Labute approximate surface area is 86.9 Å². The van der Waals surface area contributed by atoms with E-state index in [9.17, 15) is 9.59 Å². The summed E-state index contributed by atoms with van der Waals surface area (Å²) in [6.07, 6.45) is 2.06. The van der Waals surface area contributed by atoms with Crippen molar-refractivity contribution in [2.75, 3.05) is 0 Å². The second-order valence-electron chi connectivity index (χ2n) is 3.28. The molecule has 6 nitrogen and oxygen atoms in total. The van der Waals surface area contributed by atoms with E-state index in [0.29, 0.717) is 6.41 Å². The topological polar surface area (TPSA) is 84.2 Å². The molecule has 0 aromatic carbocycles. The number of aromatic nitrogens is 2. The molecule has 1 rings (SSSR count). The summed E-state index contributed by atoms with van der Waals surface area (Å²) in [5, 5.41) is 15.2. The zero-order valence-corrected chi connectivity index (χ0v) is 8.60. The molecule has 15 heavy (non-hydrogen) atoms. The average molecular weight is 211 g/mol. The molecule has 0 spiro atoms. The normalized spacial score (nSPS) is 12.1. The third kappa shape index (κ3) is 2.80. The molecule has 0 fully saturated rings. The molecule has 1 aromatic rings. The molecule has 6 heteroatoms. The van der Waals surface area contributed by atoms with E-state index < -0.39 is 12.0 Å². The monoisotopic (exact) mass is 211 g/mol. The van der Waals surface area contributed by atoms with E-state index >= 15 is 0 Å². The van der Waals surface area contributed by atoms with Gasteiger partial charge in [-0.15, -0.1) is 0 Å². The molecule has 0 aliphatic carbocycles. The summed E-state index contributed by atoms with van der Waals surface area (Å²) in [4.78, 5) is 20.9. The van der Waals surface area contributed by atoms with Crippen LogP contribution in [0.25, 0.3) is 0 Å². The van der Waals surface area contributed by atoms with Crippen molar-refractivity contribution in [2.45, 2.75) is 19.4 Å². The van der Waals surface area contributed by atoms with Crippen LogP contribution in [0.5, 0.6) is 0 Å². The summed E-state index contributed by atoms with van der Waals surface area (Å²) in [7, 11) is 1.75. The first-order valence-corrected chi connectivity index (χ1v) is 4.46. The van der Waals surface area contributed by atoms with E-state index in [1.54, 1.807) is 24.9 Å². The highest BCUT2D eigenvalue weighted by molar-refractivity contribution is 5.68. The first-order valence-electron chi connectivity index (χ1n) is 4.46. The van der Waals surface area contributed by atoms with E-state index in [1.807, 2.05) is 0 Å². The highest BCUT2D eigenvalue weighted by Crippen LogP contribution is 2.18. The van der Waals surface area contributed by atoms with Crippen molar-refractivity contribution >= 4 is 12.4 Å². The van der Waals surface area contributed by atoms with Gasteiger partial charge in [-0.05, 0) is 6.92 Å². The second-order valence-corrected chi connectivity index (χ2v) is 3.28. The minimum absolute atomic E-state index is 0.148. The van der Waals surface area contributed by atoms with Gasteiger partial charge in [0.25, 0.3) is 0 Å². The van der Waals surface area contributed by atoms with Crippen LogP contribution in [0, 0.1) is 6.92 Å². The molecular formula is C9H13N3O3. The van der Waals surface area contributed by atoms with Gasteiger partial charge in [0.1, 0.15) is 0 Å². The Morgan fingerprint density at radius 2 is 2.47 bits per heavy atom. The summed E-state index contributed by atoms with van der Waals surface area (Å²) in [5.41, 5.74) is 1.45. The number of aliphatic carboxylic acids is 1. The van der Waals surface area contributed by atoms with Crippen molar-refractivity contribution < 1.29 is 14.7 Å². The van der Waals surface area contributed by atoms with Crippen LogP contribution in [0.4, 0.5) is 0 Å². The lowest BCUT2D eigenvalue weighted by Gasteiger charge is -2.12. The van der Waals surface area contributed by atoms with Crippen molar-refractivity contribution in [3.63, 3.8) is 0 Å². The van der Waals surface area contributed by atoms with E-state index in [-0.39, 0.29) is 6.42 Å². The Bertz CT molecular complexity index is 373. The third-order valence-electron chi connectivity index (χ3n) is 2.07. The lowest BCUT2D eigenvalue weighted by Crippen LogP contribution is -2.22. The van der Waals surface area contributed by atoms with E-state index in [4.69, 9.17) is 5.11 Å². The fourth-order valence-electron chi connectivity index (χ4n) is 1.48. The van der Waals surface area contributed by atoms with E-state index in [0.717, 1.165) is 11.3 Å². The summed E-state index contributed by atoms with van der Waals surface area (Å²) in [5.74, 6) is -0.961. The summed E-state index contributed by atoms with van der Waals surface area (Å²) in [6.45, 7) is 1.77. The average Bonchev–Trinajstić information content (AvgIpc) is 2.44. The number of carbonyl (C=O) groups excluding carboxylic acids is 1. The van der Waals surface area contributed by atoms with Gasteiger partial charge in [0.2, 0.25) is 6.41 Å². The lowest BCUT2D eigenvalue weighted by molar-refractivity contribution is -0.137. The highest BCUT2D eigenvalue weighted by Gasteiger charge is 2.18. The quantitative estimate of drug-likeness (QED) is 0.671. The fourth-order valence-corrected chi connectivity index (χ4v) is 1.48. The van der Waals surface area contributed by atoms with Crippen molar-refractivity contribution in [1.29, 1.82) is 0 Å². The largest absolute Gasteiger partial charge is 0.481 e. The van der Waals surface area contributed by atoms with Gasteiger partial charge in [-0.2, -0.15) is 5.10 Å². The number of nitrogens with one attached hydrogen (secondary N) is 1. The number of amides is 1. The Hall–Kier alpha value is -1.85. The number of hydrogen-bond donors (Lipinski definition) is 2. The van der Waals surface area contributed by atoms with Crippen LogP contribution in [0.2, 0.25) is 0 Å². The number of hydrogen-bond acceptors (Lipinski definition) is 3. The lowest BCUT2D eigenvalue weighted by atomic mass is 10.1. The molecule has 0 bridgehead atoms. The molecule has 82 valence electrons. The van der Waals surface area contributed by atoms with Gasteiger partial charge in [-0.25, -0.2) is 0 Å². The molecule has 0 radical (unpaired) electrons. The third-order valence-corrected chi connectivity index (χ3v) is 2.07. The molecule has 1 aromatic heterocycles. The van der Waals surface area contributed by atoms with Crippen LogP contribution >= 0.6 is 0 Å². The number of rotatable bonds is 5. The zero-order chi connectivity index (χ0) is 11.4. The maximum absolute atomic E-state index is 10.6. The smallest absolute Gasteiger partial charge is 0.305 e. The minimum Gasteiger partial charge on any atom is -0.481 e. The number of carboxylic acid groups (broad SMARTS) is 1. The molecular weight excluding hydrogens is 198 g/mol. The standard InChI is InChI=1S/C9H13N3O3/c1-6-7(4-12(2)11-6)8(10-5-13)3-9(14)15/h4-5,8H,3H2,1-2H3,(H,10,13)(H,14,15). The number of nitrogens with zero attached hydrogens (tertiary/aromatic N) is 2. The number of aryl methyl sites for hydroxylation is 2. The first kappa shape index (κ1) is 11.2. The first-order chi connectivity index (χ1) is 7.04. The molecule has 1 heterocycles. The molecule has 2 N–H and O–H groups in total. The van der Waals surface area contributed by atoms with Crippen molar-refractivity contribution in [1.82, 2.24) is 15.1 Å². The Morgan fingerprint density at radius 1 is 1.80 bits per heavy atom. The molecule has 1 unspecified atom stereocenters. The van der Waals surface area contributed by atoms with Gasteiger partial charge in [0, 0.05) is 18.8 Å². The summed E-state index contributed by atoms with van der Waals surface area (Å²) >= 11 is 0. The molecule has 0 saturated carbocycles.